The van der Waals surface area contributed by atoms with E-state index in [4.69, 9.17) is 0 Å². The van der Waals surface area contributed by atoms with Gasteiger partial charge >= 0.3 is 0 Å². The minimum Gasteiger partial charge on any atom is -0.262 e. The van der Waals surface area contributed by atoms with Crippen LogP contribution in [0.1, 0.15) is 31.7 Å². The lowest BCUT2D eigenvalue weighted by Gasteiger charge is -1.97. The van der Waals surface area contributed by atoms with Crippen LogP contribution < -0.4 is 0 Å². The van der Waals surface area contributed by atoms with Crippen molar-refractivity contribution in [1.82, 2.24) is 9.97 Å². The van der Waals surface area contributed by atoms with Gasteiger partial charge in [0, 0.05) is 29.2 Å². The summed E-state index contributed by atoms with van der Waals surface area (Å²) >= 11 is 0. The SMILES string of the molecule is CCC.Cc1ccccn1.Cc1nccc2ccccc12. The minimum atomic E-state index is 1.07. The van der Waals surface area contributed by atoms with Crippen molar-refractivity contribution in [2.24, 2.45) is 0 Å². The Kier molecular flexibility index (Phi) is 7.73. The van der Waals surface area contributed by atoms with Crippen LogP contribution in [-0.2, 0) is 0 Å². The first kappa shape index (κ1) is 16.8. The molecule has 21 heavy (non-hydrogen) atoms. The van der Waals surface area contributed by atoms with E-state index in [1.807, 2.05) is 56.4 Å². The Morgan fingerprint density at radius 2 is 1.43 bits per heavy atom. The maximum Gasteiger partial charge on any atom is 0.0450 e. The van der Waals surface area contributed by atoms with E-state index >= 15 is 0 Å². The van der Waals surface area contributed by atoms with Gasteiger partial charge in [-0.1, -0.05) is 50.6 Å². The van der Waals surface area contributed by atoms with Crippen LogP contribution >= 0.6 is 0 Å². The summed E-state index contributed by atoms with van der Waals surface area (Å²) in [5.74, 6) is 0. The molecular weight excluding hydrogens is 256 g/mol. The zero-order valence-electron chi connectivity index (χ0n) is 13.4. The quantitative estimate of drug-likeness (QED) is 0.554. The lowest BCUT2D eigenvalue weighted by molar-refractivity contribution is 1.09. The second kappa shape index (κ2) is 9.65. The Balaban J connectivity index is 0.000000190. The molecule has 0 radical (unpaired) electrons. The molecule has 0 aliphatic carbocycles. The summed E-state index contributed by atoms with van der Waals surface area (Å²) in [5, 5.41) is 2.51. The Morgan fingerprint density at radius 3 is 1.95 bits per heavy atom. The van der Waals surface area contributed by atoms with Gasteiger partial charge in [0.05, 0.1) is 0 Å². The van der Waals surface area contributed by atoms with Crippen molar-refractivity contribution in [1.29, 1.82) is 0 Å². The smallest absolute Gasteiger partial charge is 0.0450 e. The molecule has 0 fully saturated rings. The van der Waals surface area contributed by atoms with Gasteiger partial charge in [0.15, 0.2) is 0 Å². The summed E-state index contributed by atoms with van der Waals surface area (Å²) in [6.45, 7) is 8.25. The highest BCUT2D eigenvalue weighted by Gasteiger charge is 1.93. The number of benzene rings is 1. The Hall–Kier alpha value is -2.22. The number of rotatable bonds is 0. The van der Waals surface area contributed by atoms with E-state index in [9.17, 15) is 0 Å². The molecule has 3 rings (SSSR count). The second-order valence-corrected chi connectivity index (χ2v) is 4.80. The molecular formula is C19H24N2. The molecule has 0 aliphatic rings. The van der Waals surface area contributed by atoms with E-state index in [2.05, 4.69) is 35.9 Å². The standard InChI is InChI=1S/C10H9N.C6H7N.C3H8/c1-8-10-5-3-2-4-9(10)6-7-11-8;1-6-4-2-3-5-7-6;1-3-2/h2-7H,1H3;2-5H,1H3;3H2,1-2H3. The molecule has 0 amide bonds. The van der Waals surface area contributed by atoms with E-state index in [0.29, 0.717) is 0 Å². The summed E-state index contributed by atoms with van der Waals surface area (Å²) in [5.41, 5.74) is 2.17. The molecule has 2 heteroatoms. The van der Waals surface area contributed by atoms with Crippen molar-refractivity contribution in [3.05, 3.63) is 72.3 Å². The number of pyridine rings is 2. The average molecular weight is 280 g/mol. The van der Waals surface area contributed by atoms with E-state index in [1.165, 1.54) is 17.2 Å². The molecule has 0 atom stereocenters. The summed E-state index contributed by atoms with van der Waals surface area (Å²) in [7, 11) is 0. The van der Waals surface area contributed by atoms with Crippen molar-refractivity contribution < 1.29 is 0 Å². The van der Waals surface area contributed by atoms with Gasteiger partial charge in [-0.2, -0.15) is 0 Å². The van der Waals surface area contributed by atoms with Gasteiger partial charge < -0.3 is 0 Å². The predicted octanol–water partition coefficient (Wildman–Crippen LogP) is 5.35. The fraction of sp³-hybridized carbons (Fsp3) is 0.263. The summed E-state index contributed by atoms with van der Waals surface area (Å²) in [4.78, 5) is 8.19. The molecule has 2 aromatic heterocycles. The molecule has 0 unspecified atom stereocenters. The van der Waals surface area contributed by atoms with Crippen LogP contribution in [0.15, 0.2) is 60.9 Å². The number of aromatic nitrogens is 2. The molecule has 2 heterocycles. The van der Waals surface area contributed by atoms with Crippen molar-refractivity contribution in [2.75, 3.05) is 0 Å². The fourth-order valence-corrected chi connectivity index (χ4v) is 1.72. The summed E-state index contributed by atoms with van der Waals surface area (Å²) in [6.07, 6.45) is 4.88. The molecule has 110 valence electrons. The minimum absolute atomic E-state index is 1.07. The predicted molar refractivity (Wildman–Crippen MR) is 91.4 cm³/mol. The summed E-state index contributed by atoms with van der Waals surface area (Å²) < 4.78 is 0. The number of hydrogen-bond donors (Lipinski definition) is 0. The molecule has 1 aromatic carbocycles. The van der Waals surface area contributed by atoms with Gasteiger partial charge in [-0.15, -0.1) is 0 Å². The monoisotopic (exact) mass is 280 g/mol. The van der Waals surface area contributed by atoms with E-state index in [0.717, 1.165) is 11.4 Å². The number of fused-ring (bicyclic) bond motifs is 1. The third kappa shape index (κ3) is 6.17. The highest BCUT2D eigenvalue weighted by molar-refractivity contribution is 5.83. The Labute approximate surface area is 127 Å². The van der Waals surface area contributed by atoms with Gasteiger partial charge in [0.25, 0.3) is 0 Å². The van der Waals surface area contributed by atoms with E-state index in [-0.39, 0.29) is 0 Å². The fourth-order valence-electron chi connectivity index (χ4n) is 1.72. The largest absolute Gasteiger partial charge is 0.262 e. The van der Waals surface area contributed by atoms with Gasteiger partial charge in [0.2, 0.25) is 0 Å². The highest BCUT2D eigenvalue weighted by atomic mass is 14.7. The third-order valence-corrected chi connectivity index (χ3v) is 2.69. The summed E-state index contributed by atoms with van der Waals surface area (Å²) in [6, 6.07) is 16.2. The van der Waals surface area contributed by atoms with Gasteiger partial charge in [0.1, 0.15) is 0 Å². The molecule has 3 aromatic rings. The molecule has 0 N–H and O–H groups in total. The first-order chi connectivity index (χ1) is 10.2. The first-order valence-corrected chi connectivity index (χ1v) is 7.37. The topological polar surface area (TPSA) is 25.8 Å². The number of aryl methyl sites for hydroxylation is 2. The Bertz CT molecular complexity index is 628. The molecule has 0 bridgehead atoms. The zero-order valence-corrected chi connectivity index (χ0v) is 13.4. The van der Waals surface area contributed by atoms with Crippen LogP contribution in [0.25, 0.3) is 10.8 Å². The number of nitrogens with zero attached hydrogens (tertiary/aromatic N) is 2. The Morgan fingerprint density at radius 1 is 0.762 bits per heavy atom. The van der Waals surface area contributed by atoms with Crippen molar-refractivity contribution in [3.8, 4) is 0 Å². The van der Waals surface area contributed by atoms with Crippen LogP contribution in [-0.4, -0.2) is 9.97 Å². The van der Waals surface area contributed by atoms with E-state index in [1.54, 1.807) is 6.20 Å². The first-order valence-electron chi connectivity index (χ1n) is 7.37. The second-order valence-electron chi connectivity index (χ2n) is 4.80. The van der Waals surface area contributed by atoms with Crippen LogP contribution in [0.4, 0.5) is 0 Å². The normalized spacial score (nSPS) is 9.14. The average Bonchev–Trinajstić information content (AvgIpc) is 2.50. The van der Waals surface area contributed by atoms with Crippen LogP contribution in [0.3, 0.4) is 0 Å². The number of hydrogen-bond acceptors (Lipinski definition) is 2. The molecule has 0 aliphatic heterocycles. The van der Waals surface area contributed by atoms with Crippen molar-refractivity contribution in [2.45, 2.75) is 34.1 Å². The maximum atomic E-state index is 4.21. The maximum absolute atomic E-state index is 4.21. The van der Waals surface area contributed by atoms with Crippen LogP contribution in [0.2, 0.25) is 0 Å². The van der Waals surface area contributed by atoms with Gasteiger partial charge in [-0.3, -0.25) is 9.97 Å². The van der Waals surface area contributed by atoms with E-state index < -0.39 is 0 Å². The van der Waals surface area contributed by atoms with Crippen molar-refractivity contribution in [3.63, 3.8) is 0 Å². The third-order valence-electron chi connectivity index (χ3n) is 2.69. The lowest BCUT2D eigenvalue weighted by atomic mass is 10.1. The molecule has 0 saturated heterocycles. The highest BCUT2D eigenvalue weighted by Crippen LogP contribution is 2.14. The van der Waals surface area contributed by atoms with Crippen LogP contribution in [0, 0.1) is 13.8 Å². The van der Waals surface area contributed by atoms with Gasteiger partial charge in [-0.25, -0.2) is 0 Å². The van der Waals surface area contributed by atoms with Crippen molar-refractivity contribution >= 4 is 10.8 Å². The molecule has 0 saturated carbocycles. The van der Waals surface area contributed by atoms with Gasteiger partial charge in [-0.05, 0) is 37.4 Å². The lowest BCUT2D eigenvalue weighted by Crippen LogP contribution is -1.80. The molecule has 2 nitrogen and oxygen atoms in total. The zero-order chi connectivity index (χ0) is 15.5. The van der Waals surface area contributed by atoms with Crippen LogP contribution in [0.5, 0.6) is 0 Å². The molecule has 0 spiro atoms.